The first kappa shape index (κ1) is 19.0. The molecule has 1 rings (SSSR count). The first-order valence-corrected chi connectivity index (χ1v) is 8.14. The number of para-hydroxylation sites is 1. The van der Waals surface area contributed by atoms with Crippen LogP contribution < -0.4 is 19.5 Å². The van der Waals surface area contributed by atoms with E-state index >= 15 is 0 Å². The largest absolute Gasteiger partial charge is 0.545 e. The van der Waals surface area contributed by atoms with E-state index in [1.165, 1.54) is 11.0 Å². The molecule has 0 bridgehead atoms. The van der Waals surface area contributed by atoms with Gasteiger partial charge in [0.15, 0.2) is 11.5 Å². The molecule has 0 atom stereocenters. The number of rotatable bonds is 11. The number of methoxy groups -OCH3 is 1. The summed E-state index contributed by atoms with van der Waals surface area (Å²) in [6.45, 7) is 8.07. The third-order valence-corrected chi connectivity index (χ3v) is 3.54. The third kappa shape index (κ3) is 6.74. The molecule has 0 fully saturated rings. The molecule has 0 aromatic heterocycles. The Hall–Kier alpha value is -2.01. The summed E-state index contributed by atoms with van der Waals surface area (Å²) in [7, 11) is 1.57. The van der Waals surface area contributed by atoms with Crippen molar-refractivity contribution in [1.82, 2.24) is 0 Å². The van der Waals surface area contributed by atoms with Gasteiger partial charge in [-0.1, -0.05) is 26.0 Å². The lowest BCUT2D eigenvalue weighted by atomic mass is 10.1. The highest BCUT2D eigenvalue weighted by atomic mass is 16.5. The lowest BCUT2D eigenvalue weighted by molar-refractivity contribution is -0.900. The predicted octanol–water partition coefficient (Wildman–Crippen LogP) is 0.542. The van der Waals surface area contributed by atoms with Crippen molar-refractivity contribution in [2.24, 2.45) is 0 Å². The lowest BCUT2D eigenvalue weighted by Gasteiger charge is -2.19. The number of quaternary nitrogens is 1. The SMILES string of the molecule is CCC[NH+](CCC)CCOc1c(/C=C/C(=O)[O-])cccc1OC. The van der Waals surface area contributed by atoms with Crippen LogP contribution in [0.25, 0.3) is 6.08 Å². The highest BCUT2D eigenvalue weighted by Gasteiger charge is 2.11. The van der Waals surface area contributed by atoms with E-state index in [1.54, 1.807) is 25.3 Å². The van der Waals surface area contributed by atoms with Gasteiger partial charge >= 0.3 is 0 Å². The molecule has 0 heterocycles. The van der Waals surface area contributed by atoms with Crippen LogP contribution in [0, 0.1) is 0 Å². The molecule has 0 spiro atoms. The molecule has 5 nitrogen and oxygen atoms in total. The Balaban J connectivity index is 2.78. The average molecular weight is 321 g/mol. The minimum absolute atomic E-state index is 0.557. The van der Waals surface area contributed by atoms with Crippen molar-refractivity contribution in [3.05, 3.63) is 29.8 Å². The van der Waals surface area contributed by atoms with E-state index in [-0.39, 0.29) is 0 Å². The zero-order valence-corrected chi connectivity index (χ0v) is 14.3. The van der Waals surface area contributed by atoms with Gasteiger partial charge in [-0.05, 0) is 31.1 Å². The van der Waals surface area contributed by atoms with Crippen LogP contribution in [0.2, 0.25) is 0 Å². The Kier molecular flexibility index (Phi) is 8.83. The van der Waals surface area contributed by atoms with Crippen molar-refractivity contribution in [3.8, 4) is 11.5 Å². The summed E-state index contributed by atoms with van der Waals surface area (Å²) in [4.78, 5) is 12.1. The van der Waals surface area contributed by atoms with E-state index < -0.39 is 5.97 Å². The fourth-order valence-electron chi connectivity index (χ4n) is 2.52. The average Bonchev–Trinajstić information content (AvgIpc) is 2.53. The Bertz CT molecular complexity index is 508. The van der Waals surface area contributed by atoms with E-state index in [0.29, 0.717) is 23.7 Å². The van der Waals surface area contributed by atoms with Gasteiger partial charge in [0, 0.05) is 5.56 Å². The van der Waals surface area contributed by atoms with Crippen molar-refractivity contribution >= 4 is 12.0 Å². The summed E-state index contributed by atoms with van der Waals surface area (Å²) in [6.07, 6.45) is 4.75. The molecule has 0 unspecified atom stereocenters. The molecule has 0 radical (unpaired) electrons. The van der Waals surface area contributed by atoms with Crippen molar-refractivity contribution in [2.75, 3.05) is 33.4 Å². The topological polar surface area (TPSA) is 63.0 Å². The standard InChI is InChI=1S/C18H27NO4/c1-4-11-19(12-5-2)13-14-23-18-15(9-10-17(20)21)7-6-8-16(18)22-3/h6-10H,4-5,11-14H2,1-3H3,(H,20,21)/b10-9+. The lowest BCUT2D eigenvalue weighted by Crippen LogP contribution is -3.12. The van der Waals surface area contributed by atoms with Gasteiger partial charge in [-0.25, -0.2) is 0 Å². The van der Waals surface area contributed by atoms with Crippen LogP contribution >= 0.6 is 0 Å². The summed E-state index contributed by atoms with van der Waals surface area (Å²) in [6, 6.07) is 5.39. The van der Waals surface area contributed by atoms with Crippen molar-refractivity contribution in [3.63, 3.8) is 0 Å². The number of benzene rings is 1. The van der Waals surface area contributed by atoms with Crippen LogP contribution in [0.4, 0.5) is 0 Å². The minimum Gasteiger partial charge on any atom is -0.545 e. The molecule has 0 amide bonds. The van der Waals surface area contributed by atoms with Crippen LogP contribution in [0.15, 0.2) is 24.3 Å². The highest BCUT2D eigenvalue weighted by molar-refractivity contribution is 5.84. The second-order valence-electron chi connectivity index (χ2n) is 5.38. The van der Waals surface area contributed by atoms with Crippen LogP contribution in [0.5, 0.6) is 11.5 Å². The molecule has 23 heavy (non-hydrogen) atoms. The van der Waals surface area contributed by atoms with Gasteiger partial charge in [-0.3, -0.25) is 0 Å². The highest BCUT2D eigenvalue weighted by Crippen LogP contribution is 2.31. The molecule has 0 aliphatic heterocycles. The number of carbonyl (C=O) groups is 1. The molecular weight excluding hydrogens is 294 g/mol. The molecule has 0 saturated carbocycles. The maximum absolute atomic E-state index is 10.6. The molecule has 128 valence electrons. The predicted molar refractivity (Wildman–Crippen MR) is 88.7 cm³/mol. The zero-order valence-electron chi connectivity index (χ0n) is 14.3. The summed E-state index contributed by atoms with van der Waals surface area (Å²) >= 11 is 0. The fourth-order valence-corrected chi connectivity index (χ4v) is 2.52. The number of aliphatic carboxylic acids is 1. The number of ether oxygens (including phenoxy) is 2. The quantitative estimate of drug-likeness (QED) is 0.604. The maximum Gasteiger partial charge on any atom is 0.168 e. The molecule has 5 heteroatoms. The number of hydrogen-bond donors (Lipinski definition) is 1. The van der Waals surface area contributed by atoms with Gasteiger partial charge in [0.2, 0.25) is 0 Å². The first-order valence-electron chi connectivity index (χ1n) is 8.14. The Morgan fingerprint density at radius 1 is 1.22 bits per heavy atom. The van der Waals surface area contributed by atoms with Crippen LogP contribution in [-0.2, 0) is 4.79 Å². The van der Waals surface area contributed by atoms with Crippen molar-refractivity contribution in [2.45, 2.75) is 26.7 Å². The van der Waals surface area contributed by atoms with E-state index in [0.717, 1.165) is 38.6 Å². The van der Waals surface area contributed by atoms with Gasteiger partial charge < -0.3 is 24.3 Å². The molecule has 0 saturated heterocycles. The molecule has 1 aromatic rings. The van der Waals surface area contributed by atoms with Gasteiger partial charge in [0.25, 0.3) is 0 Å². The number of carboxylic acids is 1. The molecule has 1 aromatic carbocycles. The molecule has 1 N–H and O–H groups in total. The fraction of sp³-hybridized carbons (Fsp3) is 0.500. The molecule has 0 aliphatic rings. The number of hydrogen-bond acceptors (Lipinski definition) is 4. The summed E-state index contributed by atoms with van der Waals surface area (Å²) in [5, 5.41) is 10.6. The van der Waals surface area contributed by atoms with Gasteiger partial charge in [-0.15, -0.1) is 0 Å². The number of carbonyl (C=O) groups excluding carboxylic acids is 1. The Morgan fingerprint density at radius 2 is 1.91 bits per heavy atom. The second-order valence-corrected chi connectivity index (χ2v) is 5.38. The van der Waals surface area contributed by atoms with E-state index in [9.17, 15) is 9.90 Å². The summed E-state index contributed by atoms with van der Waals surface area (Å²) in [5.41, 5.74) is 0.668. The van der Waals surface area contributed by atoms with E-state index in [4.69, 9.17) is 9.47 Å². The van der Waals surface area contributed by atoms with Gasteiger partial charge in [0.1, 0.15) is 13.2 Å². The monoisotopic (exact) mass is 321 g/mol. The maximum atomic E-state index is 10.6. The summed E-state index contributed by atoms with van der Waals surface area (Å²) < 4.78 is 11.2. The molecule has 0 aliphatic carbocycles. The number of nitrogens with one attached hydrogen (secondary N) is 1. The normalized spacial score (nSPS) is 11.1. The van der Waals surface area contributed by atoms with Crippen LogP contribution in [0.3, 0.4) is 0 Å². The van der Waals surface area contributed by atoms with E-state index in [1.807, 2.05) is 0 Å². The second kappa shape index (κ2) is 10.7. The smallest absolute Gasteiger partial charge is 0.168 e. The zero-order chi connectivity index (χ0) is 17.1. The van der Waals surface area contributed by atoms with Gasteiger partial charge in [-0.2, -0.15) is 0 Å². The minimum atomic E-state index is -1.24. The third-order valence-electron chi connectivity index (χ3n) is 3.54. The van der Waals surface area contributed by atoms with Crippen LogP contribution in [0.1, 0.15) is 32.3 Å². The van der Waals surface area contributed by atoms with Crippen LogP contribution in [-0.4, -0.2) is 39.3 Å². The van der Waals surface area contributed by atoms with Gasteiger partial charge in [0.05, 0.1) is 26.2 Å². The Labute approximate surface area is 138 Å². The number of carboxylic acid groups (broad SMARTS) is 1. The summed E-state index contributed by atoms with van der Waals surface area (Å²) in [5.74, 6) is -0.0711. The molecular formula is C18H27NO4. The first-order chi connectivity index (χ1) is 11.1. The van der Waals surface area contributed by atoms with Crippen molar-refractivity contribution < 1.29 is 24.3 Å². The van der Waals surface area contributed by atoms with E-state index in [2.05, 4.69) is 13.8 Å². The van der Waals surface area contributed by atoms with Crippen molar-refractivity contribution in [1.29, 1.82) is 0 Å². The Morgan fingerprint density at radius 3 is 2.48 bits per heavy atom.